The summed E-state index contributed by atoms with van der Waals surface area (Å²) in [7, 11) is 0. The Bertz CT molecular complexity index is 3230. The number of nitrogens with zero attached hydrogens (tertiary/aromatic N) is 4. The molecular weight excluding hydrogens is 697 g/mol. The molecule has 3 heterocycles. The lowest BCUT2D eigenvalue weighted by atomic mass is 9.97. The minimum absolute atomic E-state index is 0.560. The monoisotopic (exact) mass is 724 g/mol. The van der Waals surface area contributed by atoms with Crippen LogP contribution in [0.1, 0.15) is 18.1 Å². The standard InChI is InChI=1S/C44H23N3S2.C4H5N/c45-24-26-8-13-39-34(18-26)35-19-27(25-46)9-14-40(35)47(39)32-12-17-44-38(23-32)37-22-31(11-16-43(37)49-44)29-5-3-4-28(20-29)30-10-15-42-36(21-30)33-6-1-2-7-41(33)48-42;1-4(2)3-5/h1-23H;1H2,2H3. The van der Waals surface area contributed by atoms with E-state index in [9.17, 15) is 10.5 Å². The van der Waals surface area contributed by atoms with Crippen LogP contribution in [-0.2, 0) is 0 Å². The molecule has 252 valence electrons. The molecule has 6 heteroatoms. The second-order valence-corrected chi connectivity index (χ2v) is 15.5. The molecule has 3 aromatic heterocycles. The lowest BCUT2D eigenvalue weighted by Gasteiger charge is -2.09. The van der Waals surface area contributed by atoms with E-state index in [1.807, 2.05) is 65.1 Å². The maximum Gasteiger partial charge on any atom is 0.0991 e. The minimum Gasteiger partial charge on any atom is -0.309 e. The number of rotatable bonds is 3. The van der Waals surface area contributed by atoms with Crippen molar-refractivity contribution in [2.75, 3.05) is 0 Å². The first kappa shape index (κ1) is 32.9. The summed E-state index contributed by atoms with van der Waals surface area (Å²) in [6.45, 7) is 4.98. The Balaban J connectivity index is 0.000000724. The number of fused-ring (bicyclic) bond motifs is 9. The summed E-state index contributed by atoms with van der Waals surface area (Å²) in [5, 5.41) is 34.0. The molecule has 0 aliphatic rings. The van der Waals surface area contributed by atoms with Crippen molar-refractivity contribution < 1.29 is 0 Å². The van der Waals surface area contributed by atoms with Gasteiger partial charge in [-0.25, -0.2) is 0 Å². The predicted molar refractivity (Wildman–Crippen MR) is 227 cm³/mol. The van der Waals surface area contributed by atoms with Gasteiger partial charge in [-0.05, 0) is 120 Å². The predicted octanol–water partition coefficient (Wildman–Crippen LogP) is 13.7. The van der Waals surface area contributed by atoms with Crippen LogP contribution >= 0.6 is 22.7 Å². The van der Waals surface area contributed by atoms with E-state index in [0.29, 0.717) is 16.7 Å². The Morgan fingerprint density at radius 1 is 0.481 bits per heavy atom. The van der Waals surface area contributed by atoms with Gasteiger partial charge in [-0.15, -0.1) is 22.7 Å². The number of nitriles is 3. The second-order valence-electron chi connectivity index (χ2n) is 13.3. The van der Waals surface area contributed by atoms with Gasteiger partial charge in [0.05, 0.1) is 40.4 Å². The van der Waals surface area contributed by atoms with E-state index >= 15 is 0 Å². The molecule has 0 unspecified atom stereocenters. The molecule has 0 spiro atoms. The quantitative estimate of drug-likeness (QED) is 0.170. The normalized spacial score (nSPS) is 11.1. The maximum atomic E-state index is 9.62. The van der Waals surface area contributed by atoms with Crippen LogP contribution in [0.25, 0.3) is 90.1 Å². The fourth-order valence-electron chi connectivity index (χ4n) is 7.31. The third-order valence-corrected chi connectivity index (χ3v) is 12.1. The highest BCUT2D eigenvalue weighted by Crippen LogP contribution is 2.41. The van der Waals surface area contributed by atoms with Crippen molar-refractivity contribution in [2.45, 2.75) is 6.92 Å². The SMILES string of the molecule is C=C(C)C#N.N#Cc1ccc2c(c1)c1cc(C#N)ccc1n2-c1ccc2sc3ccc(-c4cccc(-c5ccc6sc7ccccc7c6c5)c4)cc3c2c1. The second kappa shape index (κ2) is 13.2. The van der Waals surface area contributed by atoms with E-state index in [0.717, 1.165) is 27.5 Å². The Kier molecular flexibility index (Phi) is 8.03. The molecule has 4 nitrogen and oxygen atoms in total. The van der Waals surface area contributed by atoms with Gasteiger partial charge in [0.15, 0.2) is 0 Å². The highest BCUT2D eigenvalue weighted by atomic mass is 32.1. The summed E-state index contributed by atoms with van der Waals surface area (Å²) in [5.74, 6) is 0. The third kappa shape index (κ3) is 5.57. The summed E-state index contributed by atoms with van der Waals surface area (Å²) < 4.78 is 7.37. The molecule has 0 bridgehead atoms. The van der Waals surface area contributed by atoms with Gasteiger partial charge in [-0.2, -0.15) is 15.8 Å². The topological polar surface area (TPSA) is 76.3 Å². The first-order valence-corrected chi connectivity index (χ1v) is 19.0. The first-order chi connectivity index (χ1) is 26.4. The van der Waals surface area contributed by atoms with Crippen molar-refractivity contribution in [2.24, 2.45) is 0 Å². The molecule has 7 aromatic carbocycles. The van der Waals surface area contributed by atoms with E-state index in [1.54, 1.807) is 6.92 Å². The van der Waals surface area contributed by atoms with Crippen LogP contribution in [0, 0.1) is 34.0 Å². The number of benzene rings is 7. The van der Waals surface area contributed by atoms with Gasteiger partial charge in [0, 0.05) is 62.4 Å². The minimum atomic E-state index is 0.560. The molecule has 0 N–H and O–H groups in total. The summed E-state index contributed by atoms with van der Waals surface area (Å²) in [4.78, 5) is 0. The zero-order chi connectivity index (χ0) is 36.9. The molecule has 0 atom stereocenters. The fourth-order valence-corrected chi connectivity index (χ4v) is 9.46. The molecule has 0 aliphatic heterocycles. The van der Waals surface area contributed by atoms with Gasteiger partial charge in [-0.3, -0.25) is 0 Å². The Morgan fingerprint density at radius 2 is 0.963 bits per heavy atom. The molecule has 54 heavy (non-hydrogen) atoms. The zero-order valence-corrected chi connectivity index (χ0v) is 30.7. The van der Waals surface area contributed by atoms with Crippen LogP contribution in [0.15, 0.2) is 152 Å². The van der Waals surface area contributed by atoms with Gasteiger partial charge in [0.25, 0.3) is 0 Å². The Labute approximate surface area is 319 Å². The van der Waals surface area contributed by atoms with Crippen LogP contribution in [-0.4, -0.2) is 4.57 Å². The highest BCUT2D eigenvalue weighted by Gasteiger charge is 2.16. The lowest BCUT2D eigenvalue weighted by molar-refractivity contribution is 1.19. The number of aromatic nitrogens is 1. The molecule has 0 saturated carbocycles. The molecule has 0 saturated heterocycles. The van der Waals surface area contributed by atoms with E-state index in [4.69, 9.17) is 5.26 Å². The average Bonchev–Trinajstić information content (AvgIpc) is 3.89. The highest BCUT2D eigenvalue weighted by molar-refractivity contribution is 7.26. The zero-order valence-electron chi connectivity index (χ0n) is 29.1. The van der Waals surface area contributed by atoms with E-state index in [-0.39, 0.29) is 0 Å². The average molecular weight is 725 g/mol. The van der Waals surface area contributed by atoms with Crippen molar-refractivity contribution in [3.8, 4) is 46.1 Å². The summed E-state index contributed by atoms with van der Waals surface area (Å²) in [5.41, 5.74) is 9.63. The van der Waals surface area contributed by atoms with E-state index in [1.165, 1.54) is 62.6 Å². The van der Waals surface area contributed by atoms with E-state index in [2.05, 4.69) is 126 Å². The maximum absolute atomic E-state index is 9.62. The van der Waals surface area contributed by atoms with Crippen LogP contribution in [0.3, 0.4) is 0 Å². The Morgan fingerprint density at radius 3 is 1.52 bits per heavy atom. The third-order valence-electron chi connectivity index (χ3n) is 9.83. The summed E-state index contributed by atoms with van der Waals surface area (Å²) >= 11 is 3.66. The number of hydrogen-bond acceptors (Lipinski definition) is 5. The van der Waals surface area contributed by atoms with Crippen molar-refractivity contribution in [1.82, 2.24) is 4.57 Å². The van der Waals surface area contributed by atoms with Gasteiger partial charge >= 0.3 is 0 Å². The molecule has 10 aromatic rings. The summed E-state index contributed by atoms with van der Waals surface area (Å²) in [6, 6.07) is 55.8. The van der Waals surface area contributed by atoms with Crippen LogP contribution in [0.4, 0.5) is 0 Å². The molecule has 0 amide bonds. The van der Waals surface area contributed by atoms with Gasteiger partial charge in [-0.1, -0.05) is 55.1 Å². The molecule has 0 fully saturated rings. The molecule has 0 radical (unpaired) electrons. The molecule has 10 rings (SSSR count). The van der Waals surface area contributed by atoms with Crippen LogP contribution < -0.4 is 0 Å². The summed E-state index contributed by atoms with van der Waals surface area (Å²) in [6.07, 6.45) is 0. The lowest BCUT2D eigenvalue weighted by Crippen LogP contribution is -1.93. The van der Waals surface area contributed by atoms with Gasteiger partial charge < -0.3 is 4.57 Å². The largest absolute Gasteiger partial charge is 0.309 e. The van der Waals surface area contributed by atoms with Gasteiger partial charge in [0.1, 0.15) is 0 Å². The number of allylic oxidation sites excluding steroid dienone is 1. The van der Waals surface area contributed by atoms with Crippen LogP contribution in [0.5, 0.6) is 0 Å². The van der Waals surface area contributed by atoms with Crippen molar-refractivity contribution in [1.29, 1.82) is 15.8 Å². The molecule has 0 aliphatic carbocycles. The Hall–Kier alpha value is -7.01. The van der Waals surface area contributed by atoms with Crippen molar-refractivity contribution in [3.63, 3.8) is 0 Å². The molecular formula is C48H28N4S2. The van der Waals surface area contributed by atoms with Crippen LogP contribution in [0.2, 0.25) is 0 Å². The van der Waals surface area contributed by atoms with E-state index < -0.39 is 0 Å². The number of hydrogen-bond donors (Lipinski definition) is 0. The first-order valence-electron chi connectivity index (χ1n) is 17.4. The van der Waals surface area contributed by atoms with Crippen molar-refractivity contribution in [3.05, 3.63) is 163 Å². The smallest absolute Gasteiger partial charge is 0.0991 e. The fraction of sp³-hybridized carbons (Fsp3) is 0.0208. The van der Waals surface area contributed by atoms with Gasteiger partial charge in [0.2, 0.25) is 0 Å². The van der Waals surface area contributed by atoms with Crippen molar-refractivity contribution >= 4 is 84.8 Å². The number of thiophene rings is 2.